The number of hydrogen-bond acceptors (Lipinski definition) is 3. The van der Waals surface area contributed by atoms with E-state index >= 15 is 0 Å². The molecule has 18 heavy (non-hydrogen) atoms. The van der Waals surface area contributed by atoms with Crippen LogP contribution < -0.4 is 0 Å². The van der Waals surface area contributed by atoms with E-state index in [4.69, 9.17) is 4.74 Å². The molecule has 3 nitrogen and oxygen atoms in total. The highest BCUT2D eigenvalue weighted by Gasteiger charge is 2.48. The van der Waals surface area contributed by atoms with Gasteiger partial charge in [0, 0.05) is 11.1 Å². The largest absolute Gasteiger partial charge is 0.457 e. The second-order valence-corrected chi connectivity index (χ2v) is 5.06. The average molecular weight is 240 g/mol. The van der Waals surface area contributed by atoms with Gasteiger partial charge >= 0.3 is 0 Å². The summed E-state index contributed by atoms with van der Waals surface area (Å²) in [6.07, 6.45) is 0. The lowest BCUT2D eigenvalue weighted by Crippen LogP contribution is -2.25. The van der Waals surface area contributed by atoms with Crippen LogP contribution >= 0.6 is 0 Å². The standard InChI is InChI=1S/C15H12O3/c1-8-15(2,3)11-12(16)9-6-4-5-7-10(9)13(17)14(11)18-8/h4-7H,1H2,2-3H3. The summed E-state index contributed by atoms with van der Waals surface area (Å²) in [7, 11) is 0. The Morgan fingerprint density at radius 3 is 2.22 bits per heavy atom. The third-order valence-corrected chi connectivity index (χ3v) is 3.62. The maximum atomic E-state index is 12.5. The molecule has 0 spiro atoms. The second kappa shape index (κ2) is 3.19. The van der Waals surface area contributed by atoms with Crippen LogP contribution in [-0.2, 0) is 4.74 Å². The number of ketones is 2. The number of allylic oxidation sites excluding steroid dienone is 2. The molecule has 3 heteroatoms. The van der Waals surface area contributed by atoms with Gasteiger partial charge in [-0.2, -0.15) is 0 Å². The Bertz CT molecular complexity index is 647. The lowest BCUT2D eigenvalue weighted by molar-refractivity contribution is 0.0932. The molecule has 1 aliphatic carbocycles. The minimum absolute atomic E-state index is 0.135. The van der Waals surface area contributed by atoms with Crippen LogP contribution in [0.1, 0.15) is 34.6 Å². The third-order valence-electron chi connectivity index (χ3n) is 3.62. The molecule has 1 aromatic carbocycles. The normalized spacial score (nSPS) is 20.7. The van der Waals surface area contributed by atoms with E-state index in [9.17, 15) is 9.59 Å². The Labute approximate surface area is 105 Å². The molecule has 1 aliphatic heterocycles. The summed E-state index contributed by atoms with van der Waals surface area (Å²) in [5.41, 5.74) is 0.672. The Hall–Kier alpha value is -2.16. The number of hydrogen-bond donors (Lipinski definition) is 0. The van der Waals surface area contributed by atoms with Crippen molar-refractivity contribution in [1.29, 1.82) is 0 Å². The molecule has 1 aromatic rings. The molecule has 0 amide bonds. The van der Waals surface area contributed by atoms with E-state index in [1.54, 1.807) is 24.3 Å². The summed E-state index contributed by atoms with van der Waals surface area (Å²) in [4.78, 5) is 24.8. The van der Waals surface area contributed by atoms with Crippen LogP contribution in [-0.4, -0.2) is 11.6 Å². The molecule has 0 atom stereocenters. The van der Waals surface area contributed by atoms with Gasteiger partial charge in [-0.3, -0.25) is 9.59 Å². The van der Waals surface area contributed by atoms with Gasteiger partial charge in [0.2, 0.25) is 5.78 Å². The first-order valence-electron chi connectivity index (χ1n) is 5.75. The van der Waals surface area contributed by atoms with Crippen LogP contribution in [0.3, 0.4) is 0 Å². The smallest absolute Gasteiger partial charge is 0.229 e. The van der Waals surface area contributed by atoms with Crippen molar-refractivity contribution >= 4 is 11.6 Å². The van der Waals surface area contributed by atoms with E-state index in [2.05, 4.69) is 6.58 Å². The Morgan fingerprint density at radius 1 is 1.06 bits per heavy atom. The highest BCUT2D eigenvalue weighted by atomic mass is 16.5. The van der Waals surface area contributed by atoms with E-state index < -0.39 is 5.41 Å². The van der Waals surface area contributed by atoms with Gasteiger partial charge in [0.05, 0.1) is 11.0 Å². The van der Waals surface area contributed by atoms with E-state index in [1.165, 1.54) is 0 Å². The SMILES string of the molecule is C=C1OC2=C(C(=O)c3ccccc3C2=O)C1(C)C. The Balaban J connectivity index is 2.29. The summed E-state index contributed by atoms with van der Waals surface area (Å²) in [5.74, 6) is 0.228. The van der Waals surface area contributed by atoms with Crippen LogP contribution in [0.2, 0.25) is 0 Å². The number of rotatable bonds is 0. The molecule has 90 valence electrons. The lowest BCUT2D eigenvalue weighted by atomic mass is 9.76. The predicted octanol–water partition coefficient (Wildman–Crippen LogP) is 2.89. The van der Waals surface area contributed by atoms with Gasteiger partial charge in [-0.25, -0.2) is 0 Å². The first-order chi connectivity index (χ1) is 8.44. The summed E-state index contributed by atoms with van der Waals surface area (Å²) in [6, 6.07) is 6.82. The molecule has 0 bridgehead atoms. The molecule has 1 heterocycles. The van der Waals surface area contributed by atoms with Gasteiger partial charge in [0.1, 0.15) is 5.76 Å². The molecule has 0 saturated carbocycles. The van der Waals surface area contributed by atoms with E-state index in [0.29, 0.717) is 22.5 Å². The fourth-order valence-corrected chi connectivity index (χ4v) is 2.41. The number of fused-ring (bicyclic) bond motifs is 1. The minimum Gasteiger partial charge on any atom is -0.457 e. The van der Waals surface area contributed by atoms with Gasteiger partial charge in [-0.15, -0.1) is 0 Å². The second-order valence-electron chi connectivity index (χ2n) is 5.06. The number of ether oxygens (including phenoxy) is 1. The Morgan fingerprint density at radius 2 is 1.61 bits per heavy atom. The molecule has 0 fully saturated rings. The van der Waals surface area contributed by atoms with Crippen LogP contribution in [0.5, 0.6) is 0 Å². The molecular weight excluding hydrogens is 228 g/mol. The molecule has 0 N–H and O–H groups in total. The maximum Gasteiger partial charge on any atom is 0.229 e. The summed E-state index contributed by atoms with van der Waals surface area (Å²) in [5, 5.41) is 0. The molecule has 3 rings (SSSR count). The molecule has 0 unspecified atom stereocenters. The maximum absolute atomic E-state index is 12.5. The third kappa shape index (κ3) is 1.13. The van der Waals surface area contributed by atoms with Crippen LogP contribution in [0, 0.1) is 5.41 Å². The number of carbonyl (C=O) groups excluding carboxylic acids is 2. The summed E-state index contributed by atoms with van der Waals surface area (Å²) >= 11 is 0. The number of Topliss-reactive ketones (excluding diaryl/α,β-unsaturated/α-hetero) is 2. The highest BCUT2D eigenvalue weighted by molar-refractivity contribution is 6.27. The van der Waals surface area contributed by atoms with Crippen LogP contribution in [0.4, 0.5) is 0 Å². The van der Waals surface area contributed by atoms with Gasteiger partial charge in [0.15, 0.2) is 11.5 Å². The number of carbonyl (C=O) groups is 2. The summed E-state index contributed by atoms with van der Waals surface area (Å²) in [6.45, 7) is 7.48. The number of benzene rings is 1. The zero-order valence-corrected chi connectivity index (χ0v) is 10.2. The van der Waals surface area contributed by atoms with E-state index in [0.717, 1.165) is 0 Å². The molecule has 0 aromatic heterocycles. The highest BCUT2D eigenvalue weighted by Crippen LogP contribution is 2.48. The minimum atomic E-state index is -0.615. The van der Waals surface area contributed by atoms with Crippen molar-refractivity contribution in [3.63, 3.8) is 0 Å². The van der Waals surface area contributed by atoms with Crippen molar-refractivity contribution < 1.29 is 14.3 Å². The van der Waals surface area contributed by atoms with Gasteiger partial charge in [-0.05, 0) is 13.8 Å². The lowest BCUT2D eigenvalue weighted by Gasteiger charge is -2.21. The van der Waals surface area contributed by atoms with Crippen molar-refractivity contribution in [3.8, 4) is 0 Å². The van der Waals surface area contributed by atoms with Crippen LogP contribution in [0.15, 0.2) is 47.9 Å². The molecule has 0 radical (unpaired) electrons. The summed E-state index contributed by atoms with van der Waals surface area (Å²) < 4.78 is 5.43. The first kappa shape index (κ1) is 11.0. The molecule has 0 saturated heterocycles. The molecular formula is C15H12O3. The molecule has 2 aliphatic rings. The average Bonchev–Trinajstić information content (AvgIpc) is 2.58. The fraction of sp³-hybridized carbons (Fsp3) is 0.200. The van der Waals surface area contributed by atoms with Crippen molar-refractivity contribution in [1.82, 2.24) is 0 Å². The van der Waals surface area contributed by atoms with Gasteiger partial charge in [0.25, 0.3) is 0 Å². The topological polar surface area (TPSA) is 43.4 Å². The van der Waals surface area contributed by atoms with Crippen molar-refractivity contribution in [3.05, 3.63) is 59.1 Å². The Kier molecular flexibility index (Phi) is 1.94. The van der Waals surface area contributed by atoms with Crippen LogP contribution in [0.25, 0.3) is 0 Å². The predicted molar refractivity (Wildman–Crippen MR) is 66.1 cm³/mol. The zero-order chi connectivity index (χ0) is 13.1. The van der Waals surface area contributed by atoms with Crippen molar-refractivity contribution in [2.45, 2.75) is 13.8 Å². The zero-order valence-electron chi connectivity index (χ0n) is 10.2. The van der Waals surface area contributed by atoms with Gasteiger partial charge in [-0.1, -0.05) is 30.8 Å². The van der Waals surface area contributed by atoms with Gasteiger partial charge < -0.3 is 4.74 Å². The quantitative estimate of drug-likeness (QED) is 0.700. The monoisotopic (exact) mass is 240 g/mol. The fourth-order valence-electron chi connectivity index (χ4n) is 2.41. The van der Waals surface area contributed by atoms with Crippen molar-refractivity contribution in [2.24, 2.45) is 5.41 Å². The van der Waals surface area contributed by atoms with E-state index in [1.807, 2.05) is 13.8 Å². The first-order valence-corrected chi connectivity index (χ1v) is 5.75. The van der Waals surface area contributed by atoms with Crippen molar-refractivity contribution in [2.75, 3.05) is 0 Å². The van der Waals surface area contributed by atoms with E-state index in [-0.39, 0.29) is 17.3 Å².